The molecule has 0 aliphatic carbocycles. The Bertz CT molecular complexity index is 245. The standard InChI is InChI=1S/C9H15N3O2/c1-2-4-13-8(3-1)5-10-6-9-11-7-14-12-9/h7-8,10H,1-6H2. The van der Waals surface area contributed by atoms with Gasteiger partial charge in [-0.15, -0.1) is 0 Å². The Morgan fingerprint density at radius 1 is 1.50 bits per heavy atom. The number of nitrogens with zero attached hydrogens (tertiary/aromatic N) is 2. The van der Waals surface area contributed by atoms with E-state index in [4.69, 9.17) is 4.74 Å². The van der Waals surface area contributed by atoms with Crippen LogP contribution in [0.1, 0.15) is 25.1 Å². The molecule has 0 saturated carbocycles. The van der Waals surface area contributed by atoms with Crippen molar-refractivity contribution in [2.45, 2.75) is 31.9 Å². The van der Waals surface area contributed by atoms with Crippen molar-refractivity contribution in [2.24, 2.45) is 0 Å². The molecule has 1 aromatic rings. The van der Waals surface area contributed by atoms with Crippen LogP contribution in [0.4, 0.5) is 0 Å². The number of rotatable bonds is 4. The summed E-state index contributed by atoms with van der Waals surface area (Å²) in [4.78, 5) is 3.92. The Morgan fingerprint density at radius 2 is 2.50 bits per heavy atom. The smallest absolute Gasteiger partial charge is 0.213 e. The molecule has 5 heteroatoms. The van der Waals surface area contributed by atoms with E-state index in [9.17, 15) is 0 Å². The van der Waals surface area contributed by atoms with Crippen molar-refractivity contribution in [3.63, 3.8) is 0 Å². The summed E-state index contributed by atoms with van der Waals surface area (Å²) in [5, 5.41) is 6.96. The van der Waals surface area contributed by atoms with Crippen molar-refractivity contribution in [3.8, 4) is 0 Å². The normalized spacial score (nSPS) is 22.4. The number of nitrogens with one attached hydrogen (secondary N) is 1. The molecule has 2 heterocycles. The van der Waals surface area contributed by atoms with Crippen LogP contribution in [0.5, 0.6) is 0 Å². The zero-order valence-corrected chi connectivity index (χ0v) is 8.11. The van der Waals surface area contributed by atoms with E-state index in [0.29, 0.717) is 18.5 Å². The Morgan fingerprint density at radius 3 is 3.21 bits per heavy atom. The Labute approximate surface area is 82.8 Å². The second-order valence-corrected chi connectivity index (χ2v) is 3.47. The monoisotopic (exact) mass is 197 g/mol. The fourth-order valence-electron chi connectivity index (χ4n) is 1.58. The maximum absolute atomic E-state index is 5.57. The average Bonchev–Trinajstić information content (AvgIpc) is 2.72. The number of ether oxygens (including phenoxy) is 1. The molecule has 0 spiro atoms. The molecule has 5 nitrogen and oxygen atoms in total. The zero-order valence-electron chi connectivity index (χ0n) is 8.11. The number of hydrogen-bond donors (Lipinski definition) is 1. The van der Waals surface area contributed by atoms with Gasteiger partial charge in [0, 0.05) is 13.2 Å². The van der Waals surface area contributed by atoms with Crippen LogP contribution >= 0.6 is 0 Å². The first-order chi connectivity index (χ1) is 6.95. The van der Waals surface area contributed by atoms with Gasteiger partial charge in [-0.25, -0.2) is 0 Å². The third-order valence-corrected chi connectivity index (χ3v) is 2.34. The van der Waals surface area contributed by atoms with E-state index in [1.54, 1.807) is 0 Å². The molecule has 0 aromatic carbocycles. The first-order valence-electron chi connectivity index (χ1n) is 5.03. The van der Waals surface area contributed by atoms with Gasteiger partial charge in [0.2, 0.25) is 6.39 Å². The minimum absolute atomic E-state index is 0.357. The van der Waals surface area contributed by atoms with Crippen LogP contribution in [0, 0.1) is 0 Å². The van der Waals surface area contributed by atoms with Crippen LogP contribution in [-0.4, -0.2) is 29.4 Å². The highest BCUT2D eigenvalue weighted by Gasteiger charge is 2.13. The van der Waals surface area contributed by atoms with Crippen molar-refractivity contribution in [1.29, 1.82) is 0 Å². The molecule has 1 aliphatic heterocycles. The SMILES string of the molecule is c1nc(CNCC2CCCCO2)no1. The lowest BCUT2D eigenvalue weighted by atomic mass is 10.1. The molecule has 1 N–H and O–H groups in total. The largest absolute Gasteiger partial charge is 0.377 e. The molecule has 14 heavy (non-hydrogen) atoms. The first-order valence-corrected chi connectivity index (χ1v) is 5.03. The van der Waals surface area contributed by atoms with Crippen LogP contribution in [0.3, 0.4) is 0 Å². The molecular formula is C9H15N3O2. The van der Waals surface area contributed by atoms with Gasteiger partial charge in [0.15, 0.2) is 5.82 Å². The third-order valence-electron chi connectivity index (χ3n) is 2.34. The quantitative estimate of drug-likeness (QED) is 0.771. The lowest BCUT2D eigenvalue weighted by Gasteiger charge is -2.22. The van der Waals surface area contributed by atoms with Gasteiger partial charge in [-0.3, -0.25) is 0 Å². The fourth-order valence-corrected chi connectivity index (χ4v) is 1.58. The van der Waals surface area contributed by atoms with Crippen LogP contribution in [0.2, 0.25) is 0 Å². The molecule has 0 bridgehead atoms. The summed E-state index contributed by atoms with van der Waals surface area (Å²) < 4.78 is 10.2. The predicted octanol–water partition coefficient (Wildman–Crippen LogP) is 0.728. The molecule has 0 amide bonds. The highest BCUT2D eigenvalue weighted by molar-refractivity contribution is 4.77. The van der Waals surface area contributed by atoms with Gasteiger partial charge in [0.05, 0.1) is 12.6 Å². The molecule has 2 rings (SSSR count). The maximum Gasteiger partial charge on any atom is 0.213 e. The van der Waals surface area contributed by atoms with E-state index >= 15 is 0 Å². The Balaban J connectivity index is 1.62. The van der Waals surface area contributed by atoms with E-state index < -0.39 is 0 Å². The number of hydrogen-bond acceptors (Lipinski definition) is 5. The molecule has 0 radical (unpaired) electrons. The van der Waals surface area contributed by atoms with Gasteiger partial charge in [-0.1, -0.05) is 5.16 Å². The summed E-state index contributed by atoms with van der Waals surface area (Å²) in [5.41, 5.74) is 0. The highest BCUT2D eigenvalue weighted by Crippen LogP contribution is 2.11. The molecule has 1 aromatic heterocycles. The lowest BCUT2D eigenvalue weighted by Crippen LogP contribution is -2.31. The summed E-state index contributed by atoms with van der Waals surface area (Å²) >= 11 is 0. The van der Waals surface area contributed by atoms with Gasteiger partial charge >= 0.3 is 0 Å². The van der Waals surface area contributed by atoms with Crippen molar-refractivity contribution in [1.82, 2.24) is 15.5 Å². The number of aromatic nitrogens is 2. The first kappa shape index (κ1) is 9.61. The molecule has 1 fully saturated rings. The summed E-state index contributed by atoms with van der Waals surface area (Å²) in [6.45, 7) is 2.42. The van der Waals surface area contributed by atoms with Crippen molar-refractivity contribution >= 4 is 0 Å². The Kier molecular flexibility index (Phi) is 3.48. The minimum atomic E-state index is 0.357. The topological polar surface area (TPSA) is 60.2 Å². The second-order valence-electron chi connectivity index (χ2n) is 3.47. The second kappa shape index (κ2) is 5.07. The summed E-state index contributed by atoms with van der Waals surface area (Å²) in [6, 6.07) is 0. The van der Waals surface area contributed by atoms with Crippen molar-refractivity contribution < 1.29 is 9.26 Å². The molecular weight excluding hydrogens is 182 g/mol. The lowest BCUT2D eigenvalue weighted by molar-refractivity contribution is 0.0167. The average molecular weight is 197 g/mol. The minimum Gasteiger partial charge on any atom is -0.377 e. The predicted molar refractivity (Wildman–Crippen MR) is 49.6 cm³/mol. The summed E-state index contributed by atoms with van der Waals surface area (Å²) in [5.74, 6) is 0.695. The molecule has 78 valence electrons. The maximum atomic E-state index is 5.57. The summed E-state index contributed by atoms with van der Waals surface area (Å²) in [6.07, 6.45) is 5.32. The van der Waals surface area contributed by atoms with Crippen LogP contribution in [0.25, 0.3) is 0 Å². The molecule has 1 atom stereocenters. The van der Waals surface area contributed by atoms with Crippen LogP contribution in [0.15, 0.2) is 10.9 Å². The van der Waals surface area contributed by atoms with Gasteiger partial charge in [-0.2, -0.15) is 4.98 Å². The fraction of sp³-hybridized carbons (Fsp3) is 0.778. The molecule has 1 aliphatic rings. The van der Waals surface area contributed by atoms with Gasteiger partial charge in [0.25, 0.3) is 0 Å². The van der Waals surface area contributed by atoms with E-state index in [2.05, 4.69) is 20.0 Å². The van der Waals surface area contributed by atoms with E-state index in [1.807, 2.05) is 0 Å². The van der Waals surface area contributed by atoms with E-state index in [1.165, 1.54) is 19.2 Å². The summed E-state index contributed by atoms with van der Waals surface area (Å²) in [7, 11) is 0. The molecule has 1 saturated heterocycles. The van der Waals surface area contributed by atoms with Crippen molar-refractivity contribution in [2.75, 3.05) is 13.2 Å². The van der Waals surface area contributed by atoms with Crippen LogP contribution < -0.4 is 5.32 Å². The van der Waals surface area contributed by atoms with Gasteiger partial charge < -0.3 is 14.6 Å². The van der Waals surface area contributed by atoms with E-state index in [-0.39, 0.29) is 0 Å². The third kappa shape index (κ3) is 2.78. The van der Waals surface area contributed by atoms with Crippen LogP contribution in [-0.2, 0) is 11.3 Å². The van der Waals surface area contributed by atoms with Crippen molar-refractivity contribution in [3.05, 3.63) is 12.2 Å². The zero-order chi connectivity index (χ0) is 9.64. The highest BCUT2D eigenvalue weighted by atomic mass is 16.5. The van der Waals surface area contributed by atoms with Gasteiger partial charge in [-0.05, 0) is 19.3 Å². The Hall–Kier alpha value is -0.940. The molecule has 1 unspecified atom stereocenters. The van der Waals surface area contributed by atoms with E-state index in [0.717, 1.165) is 19.6 Å². The van der Waals surface area contributed by atoms with Gasteiger partial charge in [0.1, 0.15) is 0 Å².